The van der Waals surface area contributed by atoms with Crippen LogP contribution in [0.2, 0.25) is 0 Å². The van der Waals surface area contributed by atoms with Gasteiger partial charge in [-0.05, 0) is 32.4 Å². The Kier molecular flexibility index (Phi) is 7.83. The molecule has 0 saturated carbocycles. The third kappa shape index (κ3) is 5.56. The molecule has 7 nitrogen and oxygen atoms in total. The number of aromatic nitrogens is 3. The Morgan fingerprint density at radius 3 is 2.70 bits per heavy atom. The highest BCUT2D eigenvalue weighted by Gasteiger charge is 2.07. The van der Waals surface area contributed by atoms with Gasteiger partial charge in [-0.2, -0.15) is 0 Å². The number of oxazole rings is 1. The zero-order valence-electron chi connectivity index (χ0n) is 15.8. The summed E-state index contributed by atoms with van der Waals surface area (Å²) < 4.78 is 7.60. The molecule has 0 unspecified atom stereocenters. The van der Waals surface area contributed by atoms with Gasteiger partial charge in [0.25, 0.3) is 0 Å². The van der Waals surface area contributed by atoms with Crippen LogP contribution in [0.25, 0.3) is 5.69 Å². The van der Waals surface area contributed by atoms with Crippen molar-refractivity contribution in [2.45, 2.75) is 33.9 Å². The second kappa shape index (κ2) is 10.1. The van der Waals surface area contributed by atoms with Crippen molar-refractivity contribution in [1.29, 1.82) is 0 Å². The van der Waals surface area contributed by atoms with E-state index in [2.05, 4.69) is 37.7 Å². The fraction of sp³-hybridized carbons (Fsp3) is 0.316. The lowest BCUT2D eigenvalue weighted by molar-refractivity contribution is 0.463. The smallest absolute Gasteiger partial charge is 0.214 e. The van der Waals surface area contributed by atoms with E-state index in [-0.39, 0.29) is 24.0 Å². The maximum atomic E-state index is 5.61. The molecule has 3 aromatic rings. The number of aliphatic imine (C=N–C) groups is 1. The van der Waals surface area contributed by atoms with E-state index in [1.807, 2.05) is 43.7 Å². The number of nitrogens with one attached hydrogen (secondary N) is 2. The number of aryl methyl sites for hydroxylation is 2. The minimum Gasteiger partial charge on any atom is -0.444 e. The second-order valence-electron chi connectivity index (χ2n) is 5.90. The fourth-order valence-electron chi connectivity index (χ4n) is 2.58. The van der Waals surface area contributed by atoms with Crippen molar-refractivity contribution in [2.24, 2.45) is 4.99 Å². The Balaban J connectivity index is 0.00000261. The SMILES string of the molecule is CCNC(=NCc1ccccc1-n1ccnc1)NCc1nc(C)c(C)o1.I. The molecule has 2 aromatic heterocycles. The predicted molar refractivity (Wildman–Crippen MR) is 117 cm³/mol. The van der Waals surface area contributed by atoms with Crippen LogP contribution < -0.4 is 10.6 Å². The van der Waals surface area contributed by atoms with E-state index in [0.717, 1.165) is 35.2 Å². The minimum atomic E-state index is 0. The molecule has 0 bridgehead atoms. The molecule has 0 radical (unpaired) electrons. The molecule has 0 aliphatic rings. The number of imidazole rings is 1. The molecule has 27 heavy (non-hydrogen) atoms. The average molecular weight is 480 g/mol. The normalized spacial score (nSPS) is 11.1. The maximum Gasteiger partial charge on any atom is 0.214 e. The molecule has 144 valence electrons. The Hall–Kier alpha value is -2.36. The summed E-state index contributed by atoms with van der Waals surface area (Å²) in [5.74, 6) is 2.23. The van der Waals surface area contributed by atoms with Gasteiger partial charge in [-0.15, -0.1) is 24.0 Å². The van der Waals surface area contributed by atoms with E-state index in [0.29, 0.717) is 19.0 Å². The van der Waals surface area contributed by atoms with Gasteiger partial charge >= 0.3 is 0 Å². The summed E-state index contributed by atoms with van der Waals surface area (Å²) in [4.78, 5) is 13.2. The number of guanidine groups is 1. The number of rotatable bonds is 6. The molecule has 2 heterocycles. The number of benzene rings is 1. The summed E-state index contributed by atoms with van der Waals surface area (Å²) in [6.07, 6.45) is 5.49. The Morgan fingerprint density at radius 2 is 2.04 bits per heavy atom. The molecule has 3 rings (SSSR count). The minimum absolute atomic E-state index is 0. The Labute approximate surface area is 176 Å². The molecule has 1 aromatic carbocycles. The summed E-state index contributed by atoms with van der Waals surface area (Å²) in [5.41, 5.74) is 3.10. The number of hydrogen-bond donors (Lipinski definition) is 2. The van der Waals surface area contributed by atoms with E-state index in [4.69, 9.17) is 4.42 Å². The summed E-state index contributed by atoms with van der Waals surface area (Å²) in [5, 5.41) is 6.51. The van der Waals surface area contributed by atoms with Gasteiger partial charge in [-0.1, -0.05) is 18.2 Å². The largest absolute Gasteiger partial charge is 0.444 e. The van der Waals surface area contributed by atoms with E-state index in [9.17, 15) is 0 Å². The lowest BCUT2D eigenvalue weighted by Crippen LogP contribution is -2.36. The highest BCUT2D eigenvalue weighted by Crippen LogP contribution is 2.15. The van der Waals surface area contributed by atoms with Crippen molar-refractivity contribution in [1.82, 2.24) is 25.2 Å². The molecule has 0 fully saturated rings. The first-order valence-corrected chi connectivity index (χ1v) is 8.68. The van der Waals surface area contributed by atoms with Crippen LogP contribution in [0.15, 0.2) is 52.4 Å². The maximum absolute atomic E-state index is 5.61. The molecule has 0 spiro atoms. The van der Waals surface area contributed by atoms with Gasteiger partial charge in [0.15, 0.2) is 5.96 Å². The zero-order chi connectivity index (χ0) is 18.4. The molecule has 0 aliphatic carbocycles. The van der Waals surface area contributed by atoms with Crippen molar-refractivity contribution in [3.8, 4) is 5.69 Å². The first kappa shape index (κ1) is 20.9. The van der Waals surface area contributed by atoms with Gasteiger partial charge < -0.3 is 19.6 Å². The monoisotopic (exact) mass is 480 g/mol. The average Bonchev–Trinajstić information content (AvgIpc) is 3.28. The third-order valence-corrected chi connectivity index (χ3v) is 4.01. The van der Waals surface area contributed by atoms with Crippen LogP contribution in [0.4, 0.5) is 0 Å². The van der Waals surface area contributed by atoms with Gasteiger partial charge in [0, 0.05) is 18.9 Å². The van der Waals surface area contributed by atoms with Gasteiger partial charge in [-0.3, -0.25) is 0 Å². The van der Waals surface area contributed by atoms with Crippen LogP contribution in [-0.2, 0) is 13.1 Å². The first-order chi connectivity index (χ1) is 12.7. The topological polar surface area (TPSA) is 80.3 Å². The molecular weight excluding hydrogens is 455 g/mol. The van der Waals surface area contributed by atoms with Crippen molar-refractivity contribution < 1.29 is 4.42 Å². The molecule has 0 amide bonds. The standard InChI is InChI=1S/C19H24N6O.HI/c1-4-21-19(23-12-18-24-14(2)15(3)26-18)22-11-16-7-5-6-8-17(16)25-10-9-20-13-25;/h5-10,13H,4,11-12H2,1-3H3,(H2,21,22,23);1H. The first-order valence-electron chi connectivity index (χ1n) is 8.68. The summed E-state index contributed by atoms with van der Waals surface area (Å²) in [6.45, 7) is 7.71. The fourth-order valence-corrected chi connectivity index (χ4v) is 2.58. The van der Waals surface area contributed by atoms with Crippen LogP contribution in [0, 0.1) is 13.8 Å². The lowest BCUT2D eigenvalue weighted by atomic mass is 10.2. The molecular formula is C19H25IN6O. The quantitative estimate of drug-likeness (QED) is 0.322. The number of hydrogen-bond acceptors (Lipinski definition) is 4. The summed E-state index contributed by atoms with van der Waals surface area (Å²) in [7, 11) is 0. The summed E-state index contributed by atoms with van der Waals surface area (Å²) in [6, 6.07) is 8.16. The zero-order valence-corrected chi connectivity index (χ0v) is 18.1. The highest BCUT2D eigenvalue weighted by atomic mass is 127. The van der Waals surface area contributed by atoms with Gasteiger partial charge in [0.2, 0.25) is 5.89 Å². The van der Waals surface area contributed by atoms with E-state index < -0.39 is 0 Å². The van der Waals surface area contributed by atoms with E-state index in [1.165, 1.54) is 0 Å². The van der Waals surface area contributed by atoms with Crippen molar-refractivity contribution >= 4 is 29.9 Å². The third-order valence-electron chi connectivity index (χ3n) is 4.01. The van der Waals surface area contributed by atoms with Gasteiger partial charge in [-0.25, -0.2) is 15.0 Å². The van der Waals surface area contributed by atoms with Crippen LogP contribution in [0.3, 0.4) is 0 Å². The second-order valence-corrected chi connectivity index (χ2v) is 5.90. The molecule has 0 atom stereocenters. The van der Waals surface area contributed by atoms with Crippen molar-refractivity contribution in [2.75, 3.05) is 6.54 Å². The number of nitrogens with zero attached hydrogens (tertiary/aromatic N) is 4. The summed E-state index contributed by atoms with van der Waals surface area (Å²) >= 11 is 0. The van der Waals surface area contributed by atoms with Gasteiger partial charge in [0.1, 0.15) is 5.76 Å². The Morgan fingerprint density at radius 1 is 1.22 bits per heavy atom. The van der Waals surface area contributed by atoms with E-state index >= 15 is 0 Å². The van der Waals surface area contributed by atoms with E-state index in [1.54, 1.807) is 12.5 Å². The van der Waals surface area contributed by atoms with Crippen LogP contribution >= 0.6 is 24.0 Å². The van der Waals surface area contributed by atoms with Crippen molar-refractivity contribution in [3.05, 3.63) is 65.9 Å². The molecule has 2 N–H and O–H groups in total. The predicted octanol–water partition coefficient (Wildman–Crippen LogP) is 3.35. The number of para-hydroxylation sites is 1. The molecule has 0 aliphatic heterocycles. The number of halogens is 1. The van der Waals surface area contributed by atoms with Crippen LogP contribution in [-0.4, -0.2) is 27.0 Å². The highest BCUT2D eigenvalue weighted by molar-refractivity contribution is 14.0. The molecule has 8 heteroatoms. The lowest BCUT2D eigenvalue weighted by Gasteiger charge is -2.12. The van der Waals surface area contributed by atoms with Crippen molar-refractivity contribution in [3.63, 3.8) is 0 Å². The van der Waals surface area contributed by atoms with Crippen LogP contribution in [0.5, 0.6) is 0 Å². The van der Waals surface area contributed by atoms with Gasteiger partial charge in [0.05, 0.1) is 30.8 Å². The Bertz CT molecular complexity index is 853. The molecule has 0 saturated heterocycles. The van der Waals surface area contributed by atoms with Crippen LogP contribution in [0.1, 0.15) is 29.8 Å².